The van der Waals surface area contributed by atoms with Crippen LogP contribution in [0.5, 0.6) is 5.75 Å². The first-order valence-corrected chi connectivity index (χ1v) is 10.2. The maximum absolute atomic E-state index is 13.4. The second-order valence-corrected chi connectivity index (χ2v) is 7.78. The monoisotopic (exact) mass is 459 g/mol. The number of anilines is 3. The molecule has 0 aliphatic carbocycles. The molecule has 0 radical (unpaired) electrons. The zero-order chi connectivity index (χ0) is 23.3. The van der Waals surface area contributed by atoms with Crippen LogP contribution in [-0.4, -0.2) is 21.8 Å². The molecule has 1 heterocycles. The van der Waals surface area contributed by atoms with Crippen molar-refractivity contribution in [2.24, 2.45) is 0 Å². The van der Waals surface area contributed by atoms with Crippen LogP contribution in [0, 0.1) is 10.1 Å². The Morgan fingerprint density at radius 1 is 0.909 bits per heavy atom. The summed E-state index contributed by atoms with van der Waals surface area (Å²) in [6, 6.07) is 18.3. The molecule has 0 saturated carbocycles. The minimum atomic E-state index is -0.693. The smallest absolute Gasteiger partial charge is 0.294 e. The molecule has 0 bridgehead atoms. The van der Waals surface area contributed by atoms with E-state index in [9.17, 15) is 24.8 Å². The Morgan fingerprint density at radius 3 is 2.30 bits per heavy atom. The van der Waals surface area contributed by atoms with Gasteiger partial charge in [0.25, 0.3) is 17.5 Å². The molecule has 5 rings (SSSR count). The molecule has 8 nitrogen and oxygen atoms in total. The van der Waals surface area contributed by atoms with Gasteiger partial charge in [-0.3, -0.25) is 19.7 Å². The summed E-state index contributed by atoms with van der Waals surface area (Å²) in [4.78, 5) is 39.0. The molecular formula is C24H14ClN3O5. The number of nitrogens with one attached hydrogen (secondary N) is 1. The van der Waals surface area contributed by atoms with E-state index in [4.69, 9.17) is 11.6 Å². The lowest BCUT2D eigenvalue weighted by molar-refractivity contribution is -0.383. The second-order valence-electron chi connectivity index (χ2n) is 7.37. The van der Waals surface area contributed by atoms with E-state index >= 15 is 0 Å². The van der Waals surface area contributed by atoms with Gasteiger partial charge in [0.2, 0.25) is 0 Å². The largest absolute Gasteiger partial charge is 0.508 e. The van der Waals surface area contributed by atoms with Crippen molar-refractivity contribution in [3.63, 3.8) is 0 Å². The molecule has 162 valence electrons. The third kappa shape index (κ3) is 3.24. The molecule has 33 heavy (non-hydrogen) atoms. The second kappa shape index (κ2) is 7.61. The number of phenols is 1. The van der Waals surface area contributed by atoms with Crippen LogP contribution in [-0.2, 0) is 0 Å². The number of amides is 2. The standard InChI is InChI=1S/C24H14ClN3O5/c25-18-6-1-2-7-19(18)26-22-15-4-3-5-16-21(15)17(12-20(22)28(32)33)24(31)27(23(16)30)13-8-10-14(29)11-9-13/h1-12,26,29H. The number of nitrogens with zero attached hydrogens (tertiary/aromatic N) is 2. The van der Waals surface area contributed by atoms with Crippen molar-refractivity contribution in [1.29, 1.82) is 0 Å². The maximum atomic E-state index is 13.4. The Bertz CT molecular complexity index is 1480. The molecule has 9 heteroatoms. The Labute approximate surface area is 191 Å². The summed E-state index contributed by atoms with van der Waals surface area (Å²) < 4.78 is 0. The zero-order valence-corrected chi connectivity index (χ0v) is 17.5. The molecule has 0 saturated heterocycles. The van der Waals surface area contributed by atoms with Crippen LogP contribution in [0.3, 0.4) is 0 Å². The van der Waals surface area contributed by atoms with Crippen LogP contribution in [0.15, 0.2) is 72.8 Å². The lowest BCUT2D eigenvalue weighted by atomic mass is 9.91. The third-order valence-corrected chi connectivity index (χ3v) is 5.78. The Balaban J connectivity index is 1.76. The predicted octanol–water partition coefficient (Wildman–Crippen LogP) is 5.65. The lowest BCUT2D eigenvalue weighted by Crippen LogP contribution is -2.40. The highest BCUT2D eigenvalue weighted by Crippen LogP contribution is 2.43. The number of para-hydroxylation sites is 1. The van der Waals surface area contributed by atoms with Gasteiger partial charge >= 0.3 is 0 Å². The minimum absolute atomic E-state index is 0.0240. The number of carbonyl (C=O) groups is 2. The Hall–Kier alpha value is -4.43. The number of nitro benzene ring substituents is 1. The summed E-state index contributed by atoms with van der Waals surface area (Å²) in [5.41, 5.74) is 0.751. The molecule has 1 aliphatic heterocycles. The van der Waals surface area contributed by atoms with Crippen molar-refractivity contribution in [1.82, 2.24) is 0 Å². The number of imide groups is 1. The van der Waals surface area contributed by atoms with Gasteiger partial charge in [0.05, 0.1) is 26.9 Å². The first-order chi connectivity index (χ1) is 15.9. The number of halogens is 1. The van der Waals surface area contributed by atoms with Gasteiger partial charge in [0.15, 0.2) is 0 Å². The summed E-state index contributed by atoms with van der Waals surface area (Å²) in [5, 5.41) is 25.6. The van der Waals surface area contributed by atoms with Crippen LogP contribution in [0.25, 0.3) is 10.8 Å². The van der Waals surface area contributed by atoms with Gasteiger partial charge in [0.1, 0.15) is 11.4 Å². The molecule has 1 aliphatic rings. The fourth-order valence-corrected chi connectivity index (χ4v) is 4.14. The topological polar surface area (TPSA) is 113 Å². The van der Waals surface area contributed by atoms with Gasteiger partial charge in [-0.15, -0.1) is 0 Å². The summed E-state index contributed by atoms with van der Waals surface area (Å²) >= 11 is 6.24. The number of phenolic OH excluding ortho intramolecular Hbond substituents is 1. The van der Waals surface area contributed by atoms with Crippen LogP contribution < -0.4 is 10.2 Å². The first-order valence-electron chi connectivity index (χ1n) is 9.80. The van der Waals surface area contributed by atoms with Gasteiger partial charge in [-0.1, -0.05) is 35.9 Å². The van der Waals surface area contributed by atoms with Gasteiger partial charge in [-0.05, 0) is 42.5 Å². The van der Waals surface area contributed by atoms with E-state index in [1.54, 1.807) is 42.5 Å². The Kier molecular flexibility index (Phi) is 4.72. The normalized spacial score (nSPS) is 12.8. The maximum Gasteiger partial charge on any atom is 0.294 e. The van der Waals surface area contributed by atoms with Gasteiger partial charge in [-0.2, -0.15) is 0 Å². The highest BCUT2D eigenvalue weighted by Gasteiger charge is 2.37. The fourth-order valence-electron chi connectivity index (χ4n) is 3.96. The van der Waals surface area contributed by atoms with Crippen molar-refractivity contribution >= 4 is 56.9 Å². The highest BCUT2D eigenvalue weighted by atomic mass is 35.5. The highest BCUT2D eigenvalue weighted by molar-refractivity contribution is 6.37. The van der Waals surface area contributed by atoms with Crippen LogP contribution in [0.2, 0.25) is 5.02 Å². The first kappa shape index (κ1) is 20.5. The summed E-state index contributed by atoms with van der Waals surface area (Å²) in [5.74, 6) is -1.28. The molecule has 4 aromatic rings. The molecular weight excluding hydrogens is 446 g/mol. The Morgan fingerprint density at radius 2 is 1.61 bits per heavy atom. The van der Waals surface area contributed by atoms with Crippen molar-refractivity contribution in [3.8, 4) is 5.75 Å². The van der Waals surface area contributed by atoms with Crippen molar-refractivity contribution in [3.05, 3.63) is 99.1 Å². The SMILES string of the molecule is O=C1c2cccc3c(Nc4ccccc4Cl)c([N+](=O)[O-])cc(c23)C(=O)N1c1ccc(O)cc1. The molecule has 4 aromatic carbocycles. The van der Waals surface area contributed by atoms with Crippen LogP contribution in [0.1, 0.15) is 20.7 Å². The van der Waals surface area contributed by atoms with Crippen molar-refractivity contribution < 1.29 is 19.6 Å². The molecule has 2 amide bonds. The van der Waals surface area contributed by atoms with Crippen molar-refractivity contribution in [2.75, 3.05) is 10.2 Å². The lowest BCUT2D eigenvalue weighted by Gasteiger charge is -2.28. The van der Waals surface area contributed by atoms with E-state index in [0.717, 1.165) is 4.90 Å². The summed E-state index contributed by atoms with van der Waals surface area (Å²) in [6.45, 7) is 0. The van der Waals surface area contributed by atoms with E-state index in [-0.39, 0.29) is 33.9 Å². The number of aromatic hydroxyl groups is 1. The molecule has 0 aromatic heterocycles. The molecule has 0 unspecified atom stereocenters. The molecule has 0 spiro atoms. The van der Waals surface area contributed by atoms with Crippen LogP contribution >= 0.6 is 11.6 Å². The van der Waals surface area contributed by atoms with Gasteiger partial charge in [-0.25, -0.2) is 4.90 Å². The van der Waals surface area contributed by atoms with Gasteiger partial charge < -0.3 is 10.4 Å². The minimum Gasteiger partial charge on any atom is -0.508 e. The molecule has 0 fully saturated rings. The quantitative estimate of drug-likeness (QED) is 0.231. The summed E-state index contributed by atoms with van der Waals surface area (Å²) in [6.07, 6.45) is 0. The summed E-state index contributed by atoms with van der Waals surface area (Å²) in [7, 11) is 0. The number of hydrogen-bond acceptors (Lipinski definition) is 6. The third-order valence-electron chi connectivity index (χ3n) is 5.45. The number of carbonyl (C=O) groups excluding carboxylic acids is 2. The molecule has 0 atom stereocenters. The van der Waals surface area contributed by atoms with Crippen LogP contribution in [0.4, 0.5) is 22.7 Å². The number of hydrogen-bond donors (Lipinski definition) is 2. The number of benzene rings is 4. The van der Waals surface area contributed by atoms with Gasteiger partial charge in [0, 0.05) is 22.4 Å². The average Bonchev–Trinajstić information content (AvgIpc) is 2.80. The van der Waals surface area contributed by atoms with E-state index < -0.39 is 16.7 Å². The number of rotatable bonds is 4. The van der Waals surface area contributed by atoms with E-state index in [2.05, 4.69) is 5.32 Å². The average molecular weight is 460 g/mol. The van der Waals surface area contributed by atoms with E-state index in [0.29, 0.717) is 21.5 Å². The predicted molar refractivity (Wildman–Crippen MR) is 125 cm³/mol. The zero-order valence-electron chi connectivity index (χ0n) is 16.8. The van der Waals surface area contributed by atoms with E-state index in [1.807, 2.05) is 0 Å². The fraction of sp³-hybridized carbons (Fsp3) is 0. The van der Waals surface area contributed by atoms with E-state index in [1.165, 1.54) is 30.3 Å². The number of nitro groups is 1. The van der Waals surface area contributed by atoms with Crippen molar-refractivity contribution in [2.45, 2.75) is 0 Å². The molecule has 2 N–H and O–H groups in total.